The van der Waals surface area contributed by atoms with Crippen LogP contribution >= 0.6 is 15.9 Å². The number of aromatic hydroxyl groups is 1. The maximum Gasteiger partial charge on any atom is 0.222 e. The Bertz CT molecular complexity index is 902. The summed E-state index contributed by atoms with van der Waals surface area (Å²) in [4.78, 5) is 11.2. The van der Waals surface area contributed by atoms with E-state index < -0.39 is 0 Å². The predicted molar refractivity (Wildman–Crippen MR) is 93.6 cm³/mol. The first kappa shape index (κ1) is 15.6. The number of fused-ring (bicyclic) bond motifs is 1. The molecule has 0 radical (unpaired) electrons. The maximum atomic E-state index is 11.2. The van der Waals surface area contributed by atoms with E-state index >= 15 is 0 Å². The number of nitrogens with zero attached hydrogens (tertiary/aromatic N) is 2. The Balaban J connectivity index is 2.25. The molecule has 0 saturated heterocycles. The van der Waals surface area contributed by atoms with E-state index in [0.29, 0.717) is 11.9 Å². The van der Waals surface area contributed by atoms with Crippen LogP contribution < -0.4 is 4.74 Å². The first-order valence-electron chi connectivity index (χ1n) is 7.03. The largest absolute Gasteiger partial charge is 0.496 e. The molecule has 5 nitrogen and oxygen atoms in total. The fraction of sp³-hybridized carbons (Fsp3) is 0.176. The van der Waals surface area contributed by atoms with E-state index in [2.05, 4.69) is 21.1 Å². The molecular formula is C17H15BrN2O3. The number of benzene rings is 2. The quantitative estimate of drug-likeness (QED) is 0.662. The molecule has 0 aliphatic rings. The lowest BCUT2D eigenvalue weighted by Crippen LogP contribution is -2.02. The van der Waals surface area contributed by atoms with Gasteiger partial charge in [-0.1, -0.05) is 34.1 Å². The average Bonchev–Trinajstić information content (AvgIpc) is 2.79. The molecule has 1 N–H and O–H groups in total. The minimum Gasteiger partial charge on any atom is -0.496 e. The summed E-state index contributed by atoms with van der Waals surface area (Å²) in [6.45, 7) is 2.31. The summed E-state index contributed by atoms with van der Waals surface area (Å²) in [6, 6.07) is 11.3. The van der Waals surface area contributed by atoms with Crippen molar-refractivity contribution < 1.29 is 9.84 Å². The van der Waals surface area contributed by atoms with Gasteiger partial charge in [0.05, 0.1) is 19.2 Å². The van der Waals surface area contributed by atoms with Gasteiger partial charge in [0.1, 0.15) is 5.75 Å². The van der Waals surface area contributed by atoms with Crippen LogP contribution in [0.5, 0.6) is 11.6 Å². The molecule has 0 amide bonds. The summed E-state index contributed by atoms with van der Waals surface area (Å²) in [6.07, 6.45) is 0. The molecule has 6 heteroatoms. The molecule has 0 unspecified atom stereocenters. The number of ether oxygens (including phenoxy) is 1. The number of para-hydroxylation sites is 1. The Kier molecular flexibility index (Phi) is 4.09. The fourth-order valence-corrected chi connectivity index (χ4v) is 3.45. The van der Waals surface area contributed by atoms with E-state index in [1.165, 1.54) is 0 Å². The van der Waals surface area contributed by atoms with Gasteiger partial charge in [-0.05, 0) is 35.9 Å². The lowest BCUT2D eigenvalue weighted by atomic mass is 10.1. The van der Waals surface area contributed by atoms with Crippen molar-refractivity contribution in [3.8, 4) is 11.6 Å². The highest BCUT2D eigenvalue weighted by atomic mass is 79.9. The van der Waals surface area contributed by atoms with Crippen molar-refractivity contribution in [3.63, 3.8) is 0 Å². The summed E-state index contributed by atoms with van der Waals surface area (Å²) in [5, 5.41) is 14.1. The number of hydrogen-bond donors (Lipinski definition) is 1. The third kappa shape index (κ3) is 2.59. The van der Waals surface area contributed by atoms with Crippen molar-refractivity contribution >= 4 is 32.5 Å². The van der Waals surface area contributed by atoms with Crippen LogP contribution in [-0.2, 0) is 6.54 Å². The third-order valence-electron chi connectivity index (χ3n) is 3.87. The zero-order valence-electron chi connectivity index (χ0n) is 12.7. The smallest absolute Gasteiger partial charge is 0.222 e. The van der Waals surface area contributed by atoms with Crippen LogP contribution in [-0.4, -0.2) is 16.8 Å². The Morgan fingerprint density at radius 1 is 1.30 bits per heavy atom. The molecule has 0 fully saturated rings. The molecular weight excluding hydrogens is 360 g/mol. The van der Waals surface area contributed by atoms with Crippen molar-refractivity contribution in [2.45, 2.75) is 13.5 Å². The monoisotopic (exact) mass is 374 g/mol. The highest BCUT2D eigenvalue weighted by molar-refractivity contribution is 9.10. The second-order valence-electron chi connectivity index (χ2n) is 5.28. The molecule has 3 aromatic rings. The third-order valence-corrected chi connectivity index (χ3v) is 4.33. The van der Waals surface area contributed by atoms with Gasteiger partial charge in [-0.2, -0.15) is 0 Å². The number of aromatic nitrogens is 1. The number of halogens is 1. The normalized spacial score (nSPS) is 10.9. The van der Waals surface area contributed by atoms with Crippen molar-refractivity contribution in [3.05, 3.63) is 56.9 Å². The standard InChI is InChI=1S/C17H15BrN2O3/c1-10-7-12(18)8-13-15(19-22)17(21)20(16(10)13)9-11-5-3-4-6-14(11)23-2/h3-8,21H,9H2,1-2H3. The molecule has 1 heterocycles. The fourth-order valence-electron chi connectivity index (χ4n) is 2.88. The number of methoxy groups -OCH3 is 1. The Morgan fingerprint density at radius 3 is 2.74 bits per heavy atom. The van der Waals surface area contributed by atoms with Crippen LogP contribution in [0.2, 0.25) is 0 Å². The molecule has 0 aliphatic carbocycles. The van der Waals surface area contributed by atoms with Crippen LogP contribution in [0.15, 0.2) is 46.0 Å². The second-order valence-corrected chi connectivity index (χ2v) is 6.20. The first-order chi connectivity index (χ1) is 11.1. The van der Waals surface area contributed by atoms with E-state index in [-0.39, 0.29) is 11.6 Å². The van der Waals surface area contributed by atoms with E-state index in [0.717, 1.165) is 26.9 Å². The van der Waals surface area contributed by atoms with Gasteiger partial charge >= 0.3 is 0 Å². The highest BCUT2D eigenvalue weighted by Crippen LogP contribution is 2.42. The highest BCUT2D eigenvalue weighted by Gasteiger charge is 2.20. The second kappa shape index (κ2) is 6.04. The van der Waals surface area contributed by atoms with Crippen molar-refractivity contribution in [2.75, 3.05) is 7.11 Å². The number of rotatable bonds is 4. The lowest BCUT2D eigenvalue weighted by Gasteiger charge is -2.12. The van der Waals surface area contributed by atoms with Gasteiger partial charge in [-0.25, -0.2) is 0 Å². The molecule has 3 rings (SSSR count). The van der Waals surface area contributed by atoms with Crippen LogP contribution in [0.3, 0.4) is 0 Å². The van der Waals surface area contributed by atoms with Gasteiger partial charge in [-0.15, -0.1) is 4.91 Å². The summed E-state index contributed by atoms with van der Waals surface area (Å²) in [7, 11) is 1.60. The van der Waals surface area contributed by atoms with Crippen molar-refractivity contribution in [2.24, 2.45) is 5.18 Å². The summed E-state index contributed by atoms with van der Waals surface area (Å²) < 4.78 is 7.89. The Hall–Kier alpha value is -2.34. The number of aryl methyl sites for hydroxylation is 1. The lowest BCUT2D eigenvalue weighted by molar-refractivity contribution is 0.403. The van der Waals surface area contributed by atoms with E-state index in [9.17, 15) is 10.0 Å². The van der Waals surface area contributed by atoms with Gasteiger partial charge in [-0.3, -0.25) is 0 Å². The minimum absolute atomic E-state index is 0.0549. The molecule has 0 spiro atoms. The van der Waals surface area contributed by atoms with E-state index in [1.807, 2.05) is 37.3 Å². The topological polar surface area (TPSA) is 63.8 Å². The van der Waals surface area contributed by atoms with Crippen LogP contribution in [0.1, 0.15) is 11.1 Å². The van der Waals surface area contributed by atoms with Crippen molar-refractivity contribution in [1.29, 1.82) is 0 Å². The van der Waals surface area contributed by atoms with Crippen LogP contribution in [0.4, 0.5) is 5.69 Å². The molecule has 0 saturated carbocycles. The molecule has 0 bridgehead atoms. The molecule has 1 aromatic heterocycles. The Labute approximate surface area is 141 Å². The molecule has 0 atom stereocenters. The maximum absolute atomic E-state index is 11.2. The van der Waals surface area contributed by atoms with Gasteiger partial charge in [0.15, 0.2) is 5.69 Å². The zero-order valence-corrected chi connectivity index (χ0v) is 14.3. The first-order valence-corrected chi connectivity index (χ1v) is 7.82. The predicted octanol–water partition coefficient (Wildman–Crippen LogP) is 4.87. The van der Waals surface area contributed by atoms with Gasteiger partial charge < -0.3 is 14.4 Å². The summed E-state index contributed by atoms with van der Waals surface area (Å²) >= 11 is 3.42. The van der Waals surface area contributed by atoms with Crippen molar-refractivity contribution in [1.82, 2.24) is 4.57 Å². The summed E-state index contributed by atoms with van der Waals surface area (Å²) in [5.41, 5.74) is 2.68. The zero-order chi connectivity index (χ0) is 16.6. The minimum atomic E-state index is -0.137. The van der Waals surface area contributed by atoms with Crippen LogP contribution in [0.25, 0.3) is 10.9 Å². The number of hydrogen-bond acceptors (Lipinski definition) is 4. The van der Waals surface area contributed by atoms with Gasteiger partial charge in [0, 0.05) is 15.4 Å². The van der Waals surface area contributed by atoms with Crippen LogP contribution in [0, 0.1) is 11.8 Å². The number of nitroso groups, excluding NO2 is 1. The average molecular weight is 375 g/mol. The molecule has 2 aromatic carbocycles. The SMILES string of the molecule is COc1ccccc1Cn1c(O)c(N=O)c2cc(Br)cc(C)c21. The van der Waals surface area contributed by atoms with E-state index in [4.69, 9.17) is 4.74 Å². The molecule has 118 valence electrons. The Morgan fingerprint density at radius 2 is 2.04 bits per heavy atom. The van der Waals surface area contributed by atoms with E-state index in [1.54, 1.807) is 17.7 Å². The van der Waals surface area contributed by atoms with Gasteiger partial charge in [0.25, 0.3) is 0 Å². The van der Waals surface area contributed by atoms with Gasteiger partial charge in [0.2, 0.25) is 5.88 Å². The molecule has 23 heavy (non-hydrogen) atoms. The summed E-state index contributed by atoms with van der Waals surface area (Å²) in [5.74, 6) is 0.589. The molecule has 0 aliphatic heterocycles.